The maximum Gasteiger partial charge on any atom is 0.311 e. The molecule has 0 atom stereocenters. The van der Waals surface area contributed by atoms with Gasteiger partial charge in [-0.3, -0.25) is 4.79 Å². The van der Waals surface area contributed by atoms with E-state index in [4.69, 9.17) is 9.84 Å². The summed E-state index contributed by atoms with van der Waals surface area (Å²) in [6.07, 6.45) is 0.922. The average molecular weight is 242 g/mol. The normalized spacial score (nSPS) is 10.0. The fourth-order valence-electron chi connectivity index (χ4n) is 1.58. The molecule has 1 N–H and O–H groups in total. The van der Waals surface area contributed by atoms with Crippen LogP contribution in [0.1, 0.15) is 12.0 Å². The van der Waals surface area contributed by atoms with Crippen molar-refractivity contribution in [1.82, 2.24) is 0 Å². The highest BCUT2D eigenvalue weighted by molar-refractivity contribution is 5.72. The van der Waals surface area contributed by atoms with Crippen molar-refractivity contribution >= 4 is 5.97 Å². The molecule has 0 saturated heterocycles. The number of hydrogen-bond acceptors (Lipinski definition) is 3. The van der Waals surface area contributed by atoms with Crippen LogP contribution in [0.3, 0.4) is 0 Å². The van der Waals surface area contributed by atoms with Gasteiger partial charge in [-0.15, -0.1) is 0 Å². The maximum atomic E-state index is 11.6. The van der Waals surface area contributed by atoms with Crippen molar-refractivity contribution in [1.29, 1.82) is 0 Å². The van der Waals surface area contributed by atoms with Crippen LogP contribution in [0.5, 0.6) is 11.5 Å². The van der Waals surface area contributed by atoms with Crippen LogP contribution in [0.25, 0.3) is 0 Å². The minimum absolute atomic E-state index is 0.227. The van der Waals surface area contributed by atoms with E-state index >= 15 is 0 Å². The number of ether oxygens (including phenoxy) is 1. The Kier molecular flexibility index (Phi) is 3.97. The molecule has 3 nitrogen and oxygen atoms in total. The summed E-state index contributed by atoms with van der Waals surface area (Å²) in [6.45, 7) is 0. The van der Waals surface area contributed by atoms with Gasteiger partial charge < -0.3 is 9.84 Å². The number of hydrogen-bond donors (Lipinski definition) is 1. The number of phenols is 1. The van der Waals surface area contributed by atoms with E-state index < -0.39 is 0 Å². The molecule has 2 aromatic rings. The van der Waals surface area contributed by atoms with Gasteiger partial charge in [-0.2, -0.15) is 0 Å². The number of esters is 1. The number of para-hydroxylation sites is 1. The van der Waals surface area contributed by atoms with E-state index in [9.17, 15) is 4.79 Å². The molecule has 0 unspecified atom stereocenters. The Morgan fingerprint density at radius 3 is 2.33 bits per heavy atom. The lowest BCUT2D eigenvalue weighted by molar-refractivity contribution is -0.134. The molecule has 0 radical (unpaired) electrons. The molecule has 0 bridgehead atoms. The van der Waals surface area contributed by atoms with E-state index in [0.717, 1.165) is 5.56 Å². The summed E-state index contributed by atoms with van der Waals surface area (Å²) in [4.78, 5) is 11.6. The number of aryl methyl sites for hydroxylation is 1. The van der Waals surface area contributed by atoms with E-state index in [-0.39, 0.29) is 11.7 Å². The number of rotatable bonds is 4. The molecule has 0 heterocycles. The Hall–Kier alpha value is -2.29. The molecule has 0 aliphatic heterocycles. The summed E-state index contributed by atoms with van der Waals surface area (Å²) in [6, 6.07) is 15.8. The molecule has 3 heteroatoms. The Morgan fingerprint density at radius 2 is 1.67 bits per heavy atom. The molecule has 0 amide bonds. The molecule has 92 valence electrons. The zero-order valence-corrected chi connectivity index (χ0v) is 9.87. The highest BCUT2D eigenvalue weighted by Gasteiger charge is 2.05. The Bertz CT molecular complexity index is 503. The van der Waals surface area contributed by atoms with Crippen LogP contribution in [0.15, 0.2) is 54.6 Å². The van der Waals surface area contributed by atoms with Crippen LogP contribution < -0.4 is 4.74 Å². The Labute approximate surface area is 106 Å². The lowest BCUT2D eigenvalue weighted by Gasteiger charge is -2.04. The van der Waals surface area contributed by atoms with Crippen LogP contribution in [-0.2, 0) is 11.2 Å². The molecule has 0 aromatic heterocycles. The lowest BCUT2D eigenvalue weighted by atomic mass is 10.1. The molecule has 0 aliphatic rings. The van der Waals surface area contributed by atoms with Crippen molar-refractivity contribution in [2.45, 2.75) is 12.8 Å². The number of carbonyl (C=O) groups excluding carboxylic acids is 1. The second-order valence-corrected chi connectivity index (χ2v) is 3.95. The summed E-state index contributed by atoms with van der Waals surface area (Å²) in [5, 5.41) is 9.14. The predicted octanol–water partition coefficient (Wildman–Crippen LogP) is 2.93. The SMILES string of the molecule is O=C(CCc1ccc(O)cc1)Oc1ccccc1. The van der Waals surface area contributed by atoms with E-state index in [1.54, 1.807) is 36.4 Å². The number of phenolic OH excluding ortho intramolecular Hbond substituents is 1. The van der Waals surface area contributed by atoms with Crippen molar-refractivity contribution in [2.24, 2.45) is 0 Å². The quantitative estimate of drug-likeness (QED) is 0.662. The van der Waals surface area contributed by atoms with Crippen LogP contribution in [0.4, 0.5) is 0 Å². The number of carbonyl (C=O) groups is 1. The first-order valence-electron chi connectivity index (χ1n) is 5.78. The molecule has 0 aliphatic carbocycles. The standard InChI is InChI=1S/C15H14O3/c16-13-9-6-12(7-10-13)8-11-15(17)18-14-4-2-1-3-5-14/h1-7,9-10,16H,8,11H2. The van der Waals surface area contributed by atoms with E-state index in [0.29, 0.717) is 18.6 Å². The minimum atomic E-state index is -0.255. The van der Waals surface area contributed by atoms with E-state index in [1.807, 2.05) is 18.2 Å². The third-order valence-corrected chi connectivity index (χ3v) is 2.53. The fourth-order valence-corrected chi connectivity index (χ4v) is 1.58. The molecule has 2 rings (SSSR count). The lowest BCUT2D eigenvalue weighted by Crippen LogP contribution is -2.08. The van der Waals surface area contributed by atoms with Crippen molar-refractivity contribution in [3.63, 3.8) is 0 Å². The Morgan fingerprint density at radius 1 is 1.00 bits per heavy atom. The second kappa shape index (κ2) is 5.87. The summed E-state index contributed by atoms with van der Waals surface area (Å²) in [5.74, 6) is 0.535. The van der Waals surface area contributed by atoms with Crippen molar-refractivity contribution in [3.05, 3.63) is 60.2 Å². The van der Waals surface area contributed by atoms with Gasteiger partial charge in [0, 0.05) is 6.42 Å². The largest absolute Gasteiger partial charge is 0.508 e. The van der Waals surface area contributed by atoms with Crippen LogP contribution in [0, 0.1) is 0 Å². The van der Waals surface area contributed by atoms with Gasteiger partial charge >= 0.3 is 5.97 Å². The highest BCUT2D eigenvalue weighted by Crippen LogP contribution is 2.13. The van der Waals surface area contributed by atoms with Crippen LogP contribution >= 0.6 is 0 Å². The Balaban J connectivity index is 1.83. The summed E-state index contributed by atoms with van der Waals surface area (Å²) < 4.78 is 5.17. The molecular weight excluding hydrogens is 228 g/mol. The van der Waals surface area contributed by atoms with Gasteiger partial charge in [0.25, 0.3) is 0 Å². The van der Waals surface area contributed by atoms with Crippen molar-refractivity contribution in [2.75, 3.05) is 0 Å². The first-order valence-corrected chi connectivity index (χ1v) is 5.78. The van der Waals surface area contributed by atoms with Gasteiger partial charge in [0.2, 0.25) is 0 Å². The first kappa shape index (κ1) is 12.2. The fraction of sp³-hybridized carbons (Fsp3) is 0.133. The molecule has 2 aromatic carbocycles. The molecule has 0 saturated carbocycles. The predicted molar refractivity (Wildman–Crippen MR) is 68.5 cm³/mol. The molecular formula is C15H14O3. The molecule has 0 spiro atoms. The zero-order valence-electron chi connectivity index (χ0n) is 9.87. The summed E-state index contributed by atoms with van der Waals surface area (Å²) in [5.41, 5.74) is 0.998. The number of benzene rings is 2. The summed E-state index contributed by atoms with van der Waals surface area (Å²) in [7, 11) is 0. The third kappa shape index (κ3) is 3.63. The minimum Gasteiger partial charge on any atom is -0.508 e. The third-order valence-electron chi connectivity index (χ3n) is 2.53. The second-order valence-electron chi connectivity index (χ2n) is 3.95. The molecule has 18 heavy (non-hydrogen) atoms. The van der Waals surface area contributed by atoms with Gasteiger partial charge in [-0.05, 0) is 36.2 Å². The van der Waals surface area contributed by atoms with Crippen molar-refractivity contribution < 1.29 is 14.6 Å². The van der Waals surface area contributed by atoms with Gasteiger partial charge in [-0.25, -0.2) is 0 Å². The van der Waals surface area contributed by atoms with Crippen LogP contribution in [0.2, 0.25) is 0 Å². The van der Waals surface area contributed by atoms with Gasteiger partial charge in [0.1, 0.15) is 11.5 Å². The van der Waals surface area contributed by atoms with Gasteiger partial charge in [0.05, 0.1) is 0 Å². The average Bonchev–Trinajstić information content (AvgIpc) is 2.39. The smallest absolute Gasteiger partial charge is 0.311 e. The molecule has 0 fully saturated rings. The zero-order chi connectivity index (χ0) is 12.8. The summed E-state index contributed by atoms with van der Waals surface area (Å²) >= 11 is 0. The topological polar surface area (TPSA) is 46.5 Å². The number of aromatic hydroxyl groups is 1. The monoisotopic (exact) mass is 242 g/mol. The first-order chi connectivity index (χ1) is 8.74. The highest BCUT2D eigenvalue weighted by atomic mass is 16.5. The van der Waals surface area contributed by atoms with Crippen molar-refractivity contribution in [3.8, 4) is 11.5 Å². The van der Waals surface area contributed by atoms with Gasteiger partial charge in [0.15, 0.2) is 0 Å². The van der Waals surface area contributed by atoms with E-state index in [2.05, 4.69) is 0 Å². The maximum absolute atomic E-state index is 11.6. The van der Waals surface area contributed by atoms with Gasteiger partial charge in [-0.1, -0.05) is 30.3 Å². The van der Waals surface area contributed by atoms with E-state index in [1.165, 1.54) is 0 Å². The van der Waals surface area contributed by atoms with Crippen LogP contribution in [-0.4, -0.2) is 11.1 Å².